The second-order valence-electron chi connectivity index (χ2n) is 7.17. The number of amides is 2. The molecule has 176 valence electrons. The van der Waals surface area contributed by atoms with E-state index < -0.39 is 18.1 Å². The van der Waals surface area contributed by atoms with Gasteiger partial charge in [-0.15, -0.1) is 0 Å². The number of aliphatic carboxylic acids is 1. The molecule has 2 aromatic rings. The van der Waals surface area contributed by atoms with E-state index in [1.54, 1.807) is 17.0 Å². The topological polar surface area (TPSA) is 119 Å². The van der Waals surface area contributed by atoms with Crippen molar-refractivity contribution >= 4 is 23.7 Å². The van der Waals surface area contributed by atoms with Crippen molar-refractivity contribution in [2.45, 2.75) is 12.2 Å². The number of fused-ring (bicyclic) bond motifs is 1. The van der Waals surface area contributed by atoms with Crippen LogP contribution >= 0.6 is 0 Å². The van der Waals surface area contributed by atoms with Gasteiger partial charge in [0.05, 0.1) is 11.6 Å². The molecule has 12 heteroatoms. The Kier molecular flexibility index (Phi) is 7.07. The number of carboxylic acids is 2. The number of carbonyl (C=O) groups is 3. The predicted octanol–water partition coefficient (Wildman–Crippen LogP) is 3.02. The van der Waals surface area contributed by atoms with Gasteiger partial charge in [-0.25, -0.2) is 14.4 Å². The summed E-state index contributed by atoms with van der Waals surface area (Å²) in [6.45, 7) is 3.09. The number of nitrogens with one attached hydrogen (secondary N) is 1. The summed E-state index contributed by atoms with van der Waals surface area (Å²) >= 11 is 0. The van der Waals surface area contributed by atoms with Crippen LogP contribution in [-0.4, -0.2) is 71.5 Å². The van der Waals surface area contributed by atoms with Crippen molar-refractivity contribution in [1.82, 2.24) is 10.2 Å². The average molecular weight is 467 g/mol. The van der Waals surface area contributed by atoms with Gasteiger partial charge < -0.3 is 25.2 Å². The Morgan fingerprint density at radius 1 is 1.00 bits per heavy atom. The first-order valence-electron chi connectivity index (χ1n) is 9.76. The molecule has 9 nitrogen and oxygen atoms in total. The Morgan fingerprint density at radius 3 is 2.03 bits per heavy atom. The lowest BCUT2D eigenvalue weighted by molar-refractivity contribution is -0.192. The lowest BCUT2D eigenvalue weighted by atomic mass is 10.2. The van der Waals surface area contributed by atoms with Crippen molar-refractivity contribution in [2.24, 2.45) is 0 Å². The Labute approximate surface area is 186 Å². The van der Waals surface area contributed by atoms with Crippen LogP contribution in [0.5, 0.6) is 11.5 Å². The van der Waals surface area contributed by atoms with E-state index in [-0.39, 0.29) is 17.6 Å². The number of rotatable bonds is 4. The van der Waals surface area contributed by atoms with Gasteiger partial charge in [-0.1, -0.05) is 0 Å². The van der Waals surface area contributed by atoms with Crippen LogP contribution < -0.4 is 15.0 Å². The maximum absolute atomic E-state index is 12.5. The van der Waals surface area contributed by atoms with Gasteiger partial charge in [0.1, 0.15) is 11.5 Å². The molecule has 1 atom stereocenters. The van der Waals surface area contributed by atoms with Crippen molar-refractivity contribution in [3.8, 4) is 11.5 Å². The molecular weight excluding hydrogens is 447 g/mol. The molecule has 0 aliphatic carbocycles. The second kappa shape index (κ2) is 9.77. The predicted molar refractivity (Wildman–Crippen MR) is 110 cm³/mol. The third-order valence-corrected chi connectivity index (χ3v) is 4.95. The maximum Gasteiger partial charge on any atom is 0.490 e. The van der Waals surface area contributed by atoms with Crippen LogP contribution in [0.2, 0.25) is 0 Å². The van der Waals surface area contributed by atoms with Gasteiger partial charge in [-0.3, -0.25) is 4.90 Å². The number of hydrogen-bond donors (Lipinski definition) is 3. The molecule has 2 amide bonds. The number of hydrogen-bond acceptors (Lipinski definition) is 5. The summed E-state index contributed by atoms with van der Waals surface area (Å²) in [4.78, 5) is 36.0. The van der Waals surface area contributed by atoms with Gasteiger partial charge in [0.15, 0.2) is 0 Å². The Bertz CT molecular complexity index is 1010. The summed E-state index contributed by atoms with van der Waals surface area (Å²) in [5, 5.41) is 19.4. The van der Waals surface area contributed by atoms with Crippen LogP contribution in [0.3, 0.4) is 0 Å². The van der Waals surface area contributed by atoms with Gasteiger partial charge >= 0.3 is 24.1 Å². The number of benzene rings is 2. The first-order valence-corrected chi connectivity index (χ1v) is 9.76. The zero-order chi connectivity index (χ0) is 24.2. The molecule has 0 aromatic heterocycles. The van der Waals surface area contributed by atoms with Crippen molar-refractivity contribution in [2.75, 3.05) is 31.1 Å². The molecule has 2 aliphatic rings. The Balaban J connectivity index is 0.000000383. The minimum absolute atomic E-state index is 0.0504. The SMILES string of the molecule is O=C(O)C(F)(F)F.O=C(O)c1ccc(Oc2ccc(N3C[C@@H]4CNCCN4C3=O)cc2)cc1. The molecule has 2 fully saturated rings. The van der Waals surface area contributed by atoms with E-state index in [2.05, 4.69) is 5.32 Å². The highest BCUT2D eigenvalue weighted by atomic mass is 19.4. The number of halogens is 3. The summed E-state index contributed by atoms with van der Waals surface area (Å²) < 4.78 is 37.5. The lowest BCUT2D eigenvalue weighted by Gasteiger charge is -2.28. The van der Waals surface area contributed by atoms with Crippen LogP contribution in [0.1, 0.15) is 10.4 Å². The summed E-state index contributed by atoms with van der Waals surface area (Å²) in [6, 6.07) is 13.9. The summed E-state index contributed by atoms with van der Waals surface area (Å²) in [6.07, 6.45) is -5.08. The number of carbonyl (C=O) groups excluding carboxylic acids is 1. The fourth-order valence-corrected chi connectivity index (χ4v) is 3.33. The minimum Gasteiger partial charge on any atom is -0.478 e. The van der Waals surface area contributed by atoms with Gasteiger partial charge in [0.2, 0.25) is 0 Å². The second-order valence-corrected chi connectivity index (χ2v) is 7.17. The molecule has 0 unspecified atom stereocenters. The van der Waals surface area contributed by atoms with Gasteiger partial charge in [-0.2, -0.15) is 13.2 Å². The molecule has 2 aromatic carbocycles. The number of ether oxygens (including phenoxy) is 1. The van der Waals surface area contributed by atoms with Crippen LogP contribution in [0.15, 0.2) is 48.5 Å². The zero-order valence-corrected chi connectivity index (χ0v) is 17.1. The summed E-state index contributed by atoms with van der Waals surface area (Å²) in [5.74, 6) is -2.54. The number of anilines is 1. The van der Waals surface area contributed by atoms with E-state index in [4.69, 9.17) is 19.7 Å². The summed E-state index contributed by atoms with van der Waals surface area (Å²) in [7, 11) is 0. The number of aromatic carboxylic acids is 1. The van der Waals surface area contributed by atoms with Crippen molar-refractivity contribution < 1.29 is 42.5 Å². The van der Waals surface area contributed by atoms with Gasteiger partial charge in [0, 0.05) is 31.9 Å². The average Bonchev–Trinajstić information content (AvgIpc) is 3.11. The van der Waals surface area contributed by atoms with Crippen molar-refractivity contribution in [1.29, 1.82) is 0 Å². The molecule has 0 bridgehead atoms. The molecule has 33 heavy (non-hydrogen) atoms. The van der Waals surface area contributed by atoms with E-state index in [0.717, 1.165) is 25.3 Å². The highest BCUT2D eigenvalue weighted by Gasteiger charge is 2.39. The third-order valence-electron chi connectivity index (χ3n) is 4.95. The normalized spacial score (nSPS) is 17.7. The van der Waals surface area contributed by atoms with Crippen molar-refractivity contribution in [3.05, 3.63) is 54.1 Å². The quantitative estimate of drug-likeness (QED) is 0.632. The van der Waals surface area contributed by atoms with E-state index >= 15 is 0 Å². The van der Waals surface area contributed by atoms with Crippen LogP contribution in [0, 0.1) is 0 Å². The molecule has 0 spiro atoms. The summed E-state index contributed by atoms with van der Waals surface area (Å²) in [5.41, 5.74) is 1.06. The van der Waals surface area contributed by atoms with Crippen LogP contribution in [-0.2, 0) is 4.79 Å². The van der Waals surface area contributed by atoms with Gasteiger partial charge in [0.25, 0.3) is 0 Å². The Hall–Kier alpha value is -3.80. The Morgan fingerprint density at radius 2 is 1.55 bits per heavy atom. The number of piperazine rings is 1. The zero-order valence-electron chi connectivity index (χ0n) is 17.1. The van der Waals surface area contributed by atoms with E-state index in [9.17, 15) is 22.8 Å². The molecule has 4 rings (SSSR count). The number of nitrogens with zero attached hydrogens (tertiary/aromatic N) is 2. The minimum atomic E-state index is -5.08. The number of carboxylic acid groups (broad SMARTS) is 2. The maximum atomic E-state index is 12.5. The van der Waals surface area contributed by atoms with Crippen LogP contribution in [0.4, 0.5) is 23.7 Å². The highest BCUT2D eigenvalue weighted by Crippen LogP contribution is 2.28. The highest BCUT2D eigenvalue weighted by molar-refractivity contribution is 5.94. The number of urea groups is 1. The van der Waals surface area contributed by atoms with Crippen molar-refractivity contribution in [3.63, 3.8) is 0 Å². The van der Waals surface area contributed by atoms with E-state index in [1.807, 2.05) is 29.2 Å². The monoisotopic (exact) mass is 467 g/mol. The third kappa shape index (κ3) is 5.92. The molecule has 3 N–H and O–H groups in total. The standard InChI is InChI=1S/C19H19N3O4.C2HF3O2/c23-18(24)13-1-5-16(6-2-13)26-17-7-3-14(4-8-17)22-12-15-11-20-9-10-21(15)19(22)25;3-2(4,5)1(6)7/h1-8,15,20H,9-12H2,(H,23,24);(H,6,7)/t15-;/m0./s1. The number of alkyl halides is 3. The molecule has 0 saturated carbocycles. The fraction of sp³-hybridized carbons (Fsp3) is 0.286. The van der Waals surface area contributed by atoms with Gasteiger partial charge in [-0.05, 0) is 48.5 Å². The molecule has 0 radical (unpaired) electrons. The molecular formula is C21H20F3N3O6. The van der Waals surface area contributed by atoms with Crippen LogP contribution in [0.25, 0.3) is 0 Å². The molecule has 2 aliphatic heterocycles. The molecule has 2 heterocycles. The first kappa shape index (κ1) is 23.9. The van der Waals surface area contributed by atoms with E-state index in [1.165, 1.54) is 12.1 Å². The molecule has 2 saturated heterocycles. The first-order chi connectivity index (χ1) is 15.6. The smallest absolute Gasteiger partial charge is 0.478 e. The largest absolute Gasteiger partial charge is 0.490 e. The fourth-order valence-electron chi connectivity index (χ4n) is 3.33. The van der Waals surface area contributed by atoms with E-state index in [0.29, 0.717) is 18.0 Å². The lowest BCUT2D eigenvalue weighted by Crippen LogP contribution is -2.49.